The average Bonchev–Trinajstić information content (AvgIpc) is 2.50. The molecule has 0 aliphatic carbocycles. The molecular formula is C8H5NO2. The highest BCUT2D eigenvalue weighted by Crippen LogP contribution is 1.98. The molecule has 0 unspecified atom stereocenters. The molecule has 1 rings (SSSR count). The molecule has 0 bridgehead atoms. The fourth-order valence-corrected chi connectivity index (χ4v) is 0.602. The molecule has 3 heteroatoms. The molecule has 1 aromatic heterocycles. The van der Waals surface area contributed by atoms with Gasteiger partial charge in [-0.1, -0.05) is 5.92 Å². The predicted molar refractivity (Wildman–Crippen MR) is 38.3 cm³/mol. The first-order valence-electron chi connectivity index (χ1n) is 3.00. The lowest BCUT2D eigenvalue weighted by Crippen LogP contribution is -1.72. The van der Waals surface area contributed by atoms with Crippen molar-refractivity contribution in [2.75, 3.05) is 0 Å². The second-order valence-corrected chi connectivity index (χ2v) is 1.75. The maximum atomic E-state index is 9.55. The van der Waals surface area contributed by atoms with Gasteiger partial charge in [-0.2, -0.15) is 0 Å². The van der Waals surface area contributed by atoms with Gasteiger partial charge in [-0.3, -0.25) is 0 Å². The summed E-state index contributed by atoms with van der Waals surface area (Å²) in [5, 5.41) is 0. The minimum atomic E-state index is 0.470. The molecule has 54 valence electrons. The zero-order valence-electron chi connectivity index (χ0n) is 5.70. The van der Waals surface area contributed by atoms with Crippen LogP contribution in [0.4, 0.5) is 0 Å². The molecule has 0 spiro atoms. The van der Waals surface area contributed by atoms with E-state index in [0.29, 0.717) is 6.42 Å². The SMILES string of the molecule is O=C=NC#CCc1ccco1. The van der Waals surface area contributed by atoms with Crippen molar-refractivity contribution in [2.45, 2.75) is 6.42 Å². The number of aliphatic imine (C=N–C) groups is 1. The Balaban J connectivity index is 2.47. The lowest BCUT2D eigenvalue weighted by atomic mass is 10.3. The molecule has 1 aromatic rings. The lowest BCUT2D eigenvalue weighted by Gasteiger charge is -1.80. The van der Waals surface area contributed by atoms with Crippen LogP contribution >= 0.6 is 0 Å². The number of hydrogen-bond donors (Lipinski definition) is 0. The van der Waals surface area contributed by atoms with E-state index in [1.54, 1.807) is 18.4 Å². The molecule has 0 atom stereocenters. The number of nitrogens with zero attached hydrogens (tertiary/aromatic N) is 1. The summed E-state index contributed by atoms with van der Waals surface area (Å²) in [7, 11) is 0. The van der Waals surface area contributed by atoms with Crippen LogP contribution in [0.3, 0.4) is 0 Å². The first kappa shape index (κ1) is 7.33. The van der Waals surface area contributed by atoms with E-state index in [1.807, 2.05) is 0 Å². The van der Waals surface area contributed by atoms with Crippen molar-refractivity contribution < 1.29 is 9.21 Å². The number of isocyanates is 1. The fraction of sp³-hybridized carbons (Fsp3) is 0.125. The molecule has 0 aromatic carbocycles. The van der Waals surface area contributed by atoms with E-state index in [-0.39, 0.29) is 0 Å². The van der Waals surface area contributed by atoms with Crippen LogP contribution < -0.4 is 0 Å². The number of carbonyl (C=O) groups excluding carboxylic acids is 1. The van der Waals surface area contributed by atoms with Crippen LogP contribution in [0.2, 0.25) is 0 Å². The van der Waals surface area contributed by atoms with Crippen LogP contribution in [-0.2, 0) is 11.2 Å². The smallest absolute Gasteiger partial charge is 0.249 e. The van der Waals surface area contributed by atoms with E-state index in [2.05, 4.69) is 17.0 Å². The third kappa shape index (κ3) is 2.53. The monoisotopic (exact) mass is 147 g/mol. The quantitative estimate of drug-likeness (QED) is 0.339. The van der Waals surface area contributed by atoms with Crippen LogP contribution in [0.25, 0.3) is 0 Å². The summed E-state index contributed by atoms with van der Waals surface area (Å²) in [6, 6.07) is 5.85. The summed E-state index contributed by atoms with van der Waals surface area (Å²) in [6.07, 6.45) is 3.36. The third-order valence-electron chi connectivity index (χ3n) is 1.02. The van der Waals surface area contributed by atoms with E-state index < -0.39 is 0 Å². The van der Waals surface area contributed by atoms with Crippen molar-refractivity contribution in [3.8, 4) is 12.0 Å². The Morgan fingerprint density at radius 1 is 1.64 bits per heavy atom. The van der Waals surface area contributed by atoms with Crippen LogP contribution in [0, 0.1) is 12.0 Å². The van der Waals surface area contributed by atoms with Gasteiger partial charge in [-0.05, 0) is 12.1 Å². The van der Waals surface area contributed by atoms with E-state index in [0.717, 1.165) is 5.76 Å². The molecule has 0 amide bonds. The molecule has 0 saturated heterocycles. The Labute approximate surface area is 63.7 Å². The van der Waals surface area contributed by atoms with E-state index in [9.17, 15) is 4.79 Å². The van der Waals surface area contributed by atoms with Gasteiger partial charge < -0.3 is 4.42 Å². The first-order chi connectivity index (χ1) is 5.43. The predicted octanol–water partition coefficient (Wildman–Crippen LogP) is 1.12. The van der Waals surface area contributed by atoms with E-state index in [4.69, 9.17) is 4.42 Å². The van der Waals surface area contributed by atoms with Gasteiger partial charge in [0, 0.05) is 6.04 Å². The molecule has 0 aliphatic heterocycles. The van der Waals surface area contributed by atoms with Gasteiger partial charge in [0.2, 0.25) is 6.08 Å². The molecule has 0 fully saturated rings. The highest BCUT2D eigenvalue weighted by molar-refractivity contribution is 5.36. The maximum Gasteiger partial charge on any atom is 0.249 e. The highest BCUT2D eigenvalue weighted by Gasteiger charge is 1.88. The van der Waals surface area contributed by atoms with E-state index >= 15 is 0 Å². The van der Waals surface area contributed by atoms with Crippen LogP contribution in [-0.4, -0.2) is 6.08 Å². The molecule has 3 nitrogen and oxygen atoms in total. The van der Waals surface area contributed by atoms with Crippen molar-refractivity contribution in [1.82, 2.24) is 0 Å². The van der Waals surface area contributed by atoms with Crippen LogP contribution in [0.15, 0.2) is 27.8 Å². The van der Waals surface area contributed by atoms with Gasteiger partial charge >= 0.3 is 0 Å². The van der Waals surface area contributed by atoms with Crippen LogP contribution in [0.1, 0.15) is 5.76 Å². The minimum absolute atomic E-state index is 0.470. The Kier molecular flexibility index (Phi) is 2.73. The summed E-state index contributed by atoms with van der Waals surface area (Å²) in [4.78, 5) is 12.6. The second kappa shape index (κ2) is 4.10. The Morgan fingerprint density at radius 2 is 2.55 bits per heavy atom. The van der Waals surface area contributed by atoms with Gasteiger partial charge in [0.15, 0.2) is 0 Å². The Hall–Kier alpha value is -1.78. The van der Waals surface area contributed by atoms with Gasteiger partial charge in [-0.25, -0.2) is 4.79 Å². The third-order valence-corrected chi connectivity index (χ3v) is 1.02. The zero-order chi connectivity index (χ0) is 7.94. The first-order valence-corrected chi connectivity index (χ1v) is 3.00. The molecule has 0 N–H and O–H groups in total. The molecule has 11 heavy (non-hydrogen) atoms. The summed E-state index contributed by atoms with van der Waals surface area (Å²) in [6.45, 7) is 0. The van der Waals surface area contributed by atoms with Gasteiger partial charge in [-0.15, -0.1) is 4.99 Å². The van der Waals surface area contributed by atoms with Crippen molar-refractivity contribution in [1.29, 1.82) is 0 Å². The van der Waals surface area contributed by atoms with Crippen LogP contribution in [0.5, 0.6) is 0 Å². The largest absolute Gasteiger partial charge is 0.468 e. The second-order valence-electron chi connectivity index (χ2n) is 1.75. The van der Waals surface area contributed by atoms with Crippen molar-refractivity contribution in [3.05, 3.63) is 24.2 Å². The number of hydrogen-bond acceptors (Lipinski definition) is 3. The standard InChI is InChI=1S/C8H5NO2/c10-7-9-5-1-3-8-4-2-6-11-8/h2,4,6H,3H2. The summed E-state index contributed by atoms with van der Waals surface area (Å²) in [5.41, 5.74) is 0. The average molecular weight is 147 g/mol. The van der Waals surface area contributed by atoms with E-state index in [1.165, 1.54) is 6.08 Å². The lowest BCUT2D eigenvalue weighted by molar-refractivity contribution is 0.525. The molecule has 0 aliphatic rings. The topological polar surface area (TPSA) is 42.6 Å². The normalized spacial score (nSPS) is 7.64. The molecule has 0 radical (unpaired) electrons. The summed E-state index contributed by atoms with van der Waals surface area (Å²) >= 11 is 0. The summed E-state index contributed by atoms with van der Waals surface area (Å²) < 4.78 is 4.97. The van der Waals surface area contributed by atoms with Gasteiger partial charge in [0.05, 0.1) is 12.7 Å². The number of rotatable bonds is 1. The minimum Gasteiger partial charge on any atom is -0.468 e. The van der Waals surface area contributed by atoms with Gasteiger partial charge in [0.1, 0.15) is 5.76 Å². The fourth-order valence-electron chi connectivity index (χ4n) is 0.602. The van der Waals surface area contributed by atoms with Crippen molar-refractivity contribution >= 4 is 6.08 Å². The zero-order valence-corrected chi connectivity index (χ0v) is 5.70. The van der Waals surface area contributed by atoms with Crippen molar-refractivity contribution in [2.24, 2.45) is 4.99 Å². The molecule has 0 saturated carbocycles. The maximum absolute atomic E-state index is 9.55. The Bertz CT molecular complexity index is 310. The van der Waals surface area contributed by atoms with Gasteiger partial charge in [0.25, 0.3) is 0 Å². The summed E-state index contributed by atoms with van der Waals surface area (Å²) in [5.74, 6) is 3.38. The number of furan rings is 1. The Morgan fingerprint density at radius 3 is 3.18 bits per heavy atom. The highest BCUT2D eigenvalue weighted by atomic mass is 16.3. The molecular weight excluding hydrogens is 142 g/mol. The van der Waals surface area contributed by atoms with Crippen molar-refractivity contribution in [3.63, 3.8) is 0 Å². The molecule has 1 heterocycles.